The van der Waals surface area contributed by atoms with Crippen molar-refractivity contribution in [2.75, 3.05) is 13.1 Å². The Morgan fingerprint density at radius 3 is 2.00 bits per heavy atom. The van der Waals surface area contributed by atoms with Gasteiger partial charge in [-0.25, -0.2) is 4.98 Å². The van der Waals surface area contributed by atoms with Gasteiger partial charge in [-0.15, -0.1) is 11.3 Å². The highest BCUT2D eigenvalue weighted by Crippen LogP contribution is 2.31. The van der Waals surface area contributed by atoms with E-state index in [1.165, 1.54) is 0 Å². The van der Waals surface area contributed by atoms with Crippen molar-refractivity contribution in [3.63, 3.8) is 0 Å². The van der Waals surface area contributed by atoms with Gasteiger partial charge in [0, 0.05) is 4.88 Å². The van der Waals surface area contributed by atoms with Gasteiger partial charge in [-0.2, -0.15) is 0 Å². The first-order valence-corrected chi connectivity index (χ1v) is 11.7. The van der Waals surface area contributed by atoms with E-state index in [-0.39, 0.29) is 11.6 Å². The largest absolute Gasteiger partial charge is 0.297 e. The lowest BCUT2D eigenvalue weighted by Crippen LogP contribution is -2.34. The Morgan fingerprint density at radius 1 is 0.935 bits per heavy atom. The van der Waals surface area contributed by atoms with Gasteiger partial charge in [0.2, 0.25) is 0 Å². The lowest BCUT2D eigenvalue weighted by molar-refractivity contribution is 0.281. The minimum absolute atomic E-state index is 0.0479. The average Bonchev–Trinajstić information content (AvgIpc) is 3.09. The van der Waals surface area contributed by atoms with Crippen LogP contribution in [0.2, 0.25) is 0 Å². The Bertz CT molecular complexity index is 1180. The van der Waals surface area contributed by atoms with Crippen molar-refractivity contribution in [2.24, 2.45) is 0 Å². The van der Waals surface area contributed by atoms with Crippen LogP contribution in [0.3, 0.4) is 0 Å². The molecule has 0 amide bonds. The molecule has 0 aliphatic heterocycles. The highest BCUT2D eigenvalue weighted by molar-refractivity contribution is 7.18. The standard InChI is InChI=1S/C26H29N3OS/c1-5-28(6-2)17-22-27-25-23(18(3)19(4)31-25)26(30)29(22)24(20-13-9-7-10-14-20)21-15-11-8-12-16-21/h7-16,24H,5-6,17H2,1-4H3. The van der Waals surface area contributed by atoms with E-state index in [9.17, 15) is 4.79 Å². The maximum Gasteiger partial charge on any atom is 0.263 e. The summed E-state index contributed by atoms with van der Waals surface area (Å²) in [5.74, 6) is 0.820. The first kappa shape index (κ1) is 21.5. The first-order chi connectivity index (χ1) is 15.0. The summed E-state index contributed by atoms with van der Waals surface area (Å²) in [6.45, 7) is 10.9. The molecule has 4 nitrogen and oxygen atoms in total. The number of aryl methyl sites for hydroxylation is 2. The zero-order valence-electron chi connectivity index (χ0n) is 18.6. The third kappa shape index (κ3) is 4.08. The highest BCUT2D eigenvalue weighted by Gasteiger charge is 2.25. The Kier molecular flexibility index (Phi) is 6.35. The summed E-state index contributed by atoms with van der Waals surface area (Å²) in [6.07, 6.45) is 0. The SMILES string of the molecule is CCN(CC)Cc1nc2sc(C)c(C)c2c(=O)n1C(c1ccccc1)c1ccccc1. The van der Waals surface area contributed by atoms with E-state index in [1.807, 2.05) is 47.9 Å². The van der Waals surface area contributed by atoms with Gasteiger partial charge in [-0.3, -0.25) is 14.3 Å². The molecular weight excluding hydrogens is 402 g/mol. The summed E-state index contributed by atoms with van der Waals surface area (Å²) in [4.78, 5) is 23.4. The maximum atomic E-state index is 14.0. The molecule has 2 aromatic heterocycles. The minimum atomic E-state index is -0.225. The van der Waals surface area contributed by atoms with Crippen LogP contribution in [0.5, 0.6) is 0 Å². The molecule has 0 radical (unpaired) electrons. The molecule has 0 atom stereocenters. The summed E-state index contributed by atoms with van der Waals surface area (Å²) in [5.41, 5.74) is 3.26. The third-order valence-corrected chi connectivity index (χ3v) is 7.16. The maximum absolute atomic E-state index is 14.0. The fourth-order valence-electron chi connectivity index (χ4n) is 4.13. The van der Waals surface area contributed by atoms with Crippen LogP contribution >= 0.6 is 11.3 Å². The van der Waals surface area contributed by atoms with Gasteiger partial charge in [-0.05, 0) is 43.6 Å². The minimum Gasteiger partial charge on any atom is -0.297 e. The van der Waals surface area contributed by atoms with Crippen LogP contribution in [0.15, 0.2) is 65.5 Å². The number of nitrogens with zero attached hydrogens (tertiary/aromatic N) is 3. The first-order valence-electron chi connectivity index (χ1n) is 10.9. The summed E-state index contributed by atoms with van der Waals surface area (Å²) in [5, 5.41) is 0.752. The molecule has 160 valence electrons. The molecule has 4 rings (SSSR count). The van der Waals surface area contributed by atoms with E-state index >= 15 is 0 Å². The zero-order chi connectivity index (χ0) is 22.0. The lowest BCUT2D eigenvalue weighted by atomic mass is 9.98. The molecule has 0 unspecified atom stereocenters. The topological polar surface area (TPSA) is 38.1 Å². The van der Waals surface area contributed by atoms with Gasteiger partial charge in [0.05, 0.1) is 18.0 Å². The van der Waals surface area contributed by atoms with Crippen molar-refractivity contribution in [3.8, 4) is 0 Å². The molecule has 0 aliphatic rings. The second-order valence-corrected chi connectivity index (χ2v) is 9.06. The summed E-state index contributed by atoms with van der Waals surface area (Å²) in [7, 11) is 0. The van der Waals surface area contributed by atoms with E-state index in [0.717, 1.165) is 50.7 Å². The van der Waals surface area contributed by atoms with Gasteiger partial charge >= 0.3 is 0 Å². The second kappa shape index (κ2) is 9.16. The monoisotopic (exact) mass is 431 g/mol. The molecular formula is C26H29N3OS. The molecule has 2 heterocycles. The predicted octanol–water partition coefficient (Wildman–Crippen LogP) is 5.55. The number of benzene rings is 2. The Hall–Kier alpha value is -2.76. The fourth-order valence-corrected chi connectivity index (χ4v) is 5.17. The number of thiophene rings is 1. The van der Waals surface area contributed by atoms with Crippen LogP contribution in [-0.2, 0) is 6.54 Å². The quantitative estimate of drug-likeness (QED) is 0.385. The lowest BCUT2D eigenvalue weighted by Gasteiger charge is -2.26. The van der Waals surface area contributed by atoms with E-state index in [2.05, 4.69) is 49.9 Å². The van der Waals surface area contributed by atoms with Crippen molar-refractivity contribution in [1.82, 2.24) is 14.5 Å². The van der Waals surface area contributed by atoms with Crippen molar-refractivity contribution in [2.45, 2.75) is 40.3 Å². The fraction of sp³-hybridized carbons (Fsp3) is 0.308. The molecule has 0 bridgehead atoms. The third-order valence-electron chi connectivity index (χ3n) is 6.06. The average molecular weight is 432 g/mol. The zero-order valence-corrected chi connectivity index (χ0v) is 19.4. The van der Waals surface area contributed by atoms with E-state index < -0.39 is 0 Å². The Morgan fingerprint density at radius 2 is 1.48 bits per heavy atom. The van der Waals surface area contributed by atoms with E-state index in [0.29, 0.717) is 6.54 Å². The molecule has 5 heteroatoms. The molecule has 0 aliphatic carbocycles. The van der Waals surface area contributed by atoms with E-state index in [4.69, 9.17) is 4.98 Å². The molecule has 0 saturated carbocycles. The molecule has 31 heavy (non-hydrogen) atoms. The van der Waals surface area contributed by atoms with Gasteiger partial charge in [0.25, 0.3) is 5.56 Å². The predicted molar refractivity (Wildman–Crippen MR) is 130 cm³/mol. The van der Waals surface area contributed by atoms with Crippen LogP contribution < -0.4 is 5.56 Å². The molecule has 0 spiro atoms. The van der Waals surface area contributed by atoms with Crippen LogP contribution in [-0.4, -0.2) is 27.5 Å². The van der Waals surface area contributed by atoms with E-state index in [1.54, 1.807) is 11.3 Å². The van der Waals surface area contributed by atoms with Gasteiger partial charge in [0.1, 0.15) is 10.7 Å². The van der Waals surface area contributed by atoms with Crippen LogP contribution in [0.25, 0.3) is 10.2 Å². The van der Waals surface area contributed by atoms with Gasteiger partial charge in [-0.1, -0.05) is 74.5 Å². The van der Waals surface area contributed by atoms with Gasteiger partial charge in [0.15, 0.2) is 0 Å². The van der Waals surface area contributed by atoms with Crippen LogP contribution in [0.1, 0.15) is 47.3 Å². The van der Waals surface area contributed by atoms with Crippen molar-refractivity contribution in [1.29, 1.82) is 0 Å². The number of hydrogen-bond donors (Lipinski definition) is 0. The highest BCUT2D eigenvalue weighted by atomic mass is 32.1. The molecule has 4 aromatic rings. The Labute approximate surface area is 187 Å². The molecule has 0 N–H and O–H groups in total. The molecule has 2 aromatic carbocycles. The Balaban J connectivity index is 2.05. The summed E-state index contributed by atoms with van der Waals surface area (Å²) < 4.78 is 1.94. The van der Waals surface area contributed by atoms with Crippen molar-refractivity contribution in [3.05, 3.63) is 98.4 Å². The number of hydrogen-bond acceptors (Lipinski definition) is 4. The van der Waals surface area contributed by atoms with Gasteiger partial charge < -0.3 is 0 Å². The normalized spacial score (nSPS) is 11.7. The molecule has 0 fully saturated rings. The number of fused-ring (bicyclic) bond motifs is 1. The van der Waals surface area contributed by atoms with Crippen molar-refractivity contribution >= 4 is 21.6 Å². The summed E-state index contributed by atoms with van der Waals surface area (Å²) >= 11 is 1.62. The number of rotatable bonds is 7. The van der Waals surface area contributed by atoms with Crippen LogP contribution in [0, 0.1) is 13.8 Å². The summed E-state index contributed by atoms with van der Waals surface area (Å²) in [6, 6.07) is 20.3. The second-order valence-electron chi connectivity index (χ2n) is 7.85. The van der Waals surface area contributed by atoms with Crippen molar-refractivity contribution < 1.29 is 0 Å². The molecule has 0 saturated heterocycles. The van der Waals surface area contributed by atoms with Crippen LogP contribution in [0.4, 0.5) is 0 Å². The number of aromatic nitrogens is 2. The smallest absolute Gasteiger partial charge is 0.263 e.